The molecular weight excluding hydrogens is 519 g/mol. The van der Waals surface area contributed by atoms with Gasteiger partial charge in [-0.25, -0.2) is 4.39 Å². The van der Waals surface area contributed by atoms with Crippen molar-refractivity contribution in [2.24, 2.45) is 5.92 Å². The summed E-state index contributed by atoms with van der Waals surface area (Å²) in [5.41, 5.74) is 6.41. The van der Waals surface area contributed by atoms with Crippen LogP contribution in [0.4, 0.5) is 10.1 Å². The number of fused-ring (bicyclic) bond motifs is 1. The van der Waals surface area contributed by atoms with Crippen LogP contribution in [0.3, 0.4) is 0 Å². The third-order valence-corrected chi connectivity index (χ3v) is 7.99. The molecule has 0 radical (unpaired) electrons. The minimum absolute atomic E-state index is 0.00677. The molecule has 3 aromatic rings. The molecule has 2 aliphatic rings. The molecule has 0 saturated carbocycles. The van der Waals surface area contributed by atoms with Crippen molar-refractivity contribution in [1.29, 1.82) is 0 Å². The maximum Gasteiger partial charge on any atom is 0.238 e. The summed E-state index contributed by atoms with van der Waals surface area (Å²) in [5, 5.41) is 3.24. The molecule has 0 aromatic heterocycles. The number of hydrogen-bond donors (Lipinski definition) is 1. The van der Waals surface area contributed by atoms with Gasteiger partial charge in [0.15, 0.2) is 11.6 Å². The minimum Gasteiger partial charge on any atom is -0.493 e. The van der Waals surface area contributed by atoms with Gasteiger partial charge in [-0.15, -0.1) is 0 Å². The number of carbonyl (C=O) groups is 1. The summed E-state index contributed by atoms with van der Waals surface area (Å²) in [6.07, 6.45) is 2.45. The van der Waals surface area contributed by atoms with Gasteiger partial charge in [-0.1, -0.05) is 57.5 Å². The number of likely N-dealkylation sites (tertiary alicyclic amines) is 1. The predicted octanol–water partition coefficient (Wildman–Crippen LogP) is 7.19. The van der Waals surface area contributed by atoms with Gasteiger partial charge in [0.2, 0.25) is 18.4 Å². The number of amides is 1. The van der Waals surface area contributed by atoms with Crippen LogP contribution in [-0.4, -0.2) is 37.3 Å². The summed E-state index contributed by atoms with van der Waals surface area (Å²) in [6, 6.07) is 15.9. The first kappa shape index (κ1) is 28.9. The Bertz CT molecular complexity index is 1360. The van der Waals surface area contributed by atoms with Crippen molar-refractivity contribution in [3.05, 3.63) is 82.2 Å². The first-order valence-corrected chi connectivity index (χ1v) is 14.7. The monoisotopic (exact) mass is 560 g/mol. The van der Waals surface area contributed by atoms with Crippen molar-refractivity contribution in [2.75, 3.05) is 31.8 Å². The third-order valence-electron chi connectivity index (χ3n) is 7.99. The van der Waals surface area contributed by atoms with Crippen LogP contribution in [0, 0.1) is 18.7 Å². The normalized spacial score (nSPS) is 18.2. The van der Waals surface area contributed by atoms with E-state index < -0.39 is 5.82 Å². The molecule has 2 aliphatic heterocycles. The van der Waals surface area contributed by atoms with E-state index in [2.05, 4.69) is 69.1 Å². The lowest BCUT2D eigenvalue weighted by Gasteiger charge is -2.25. The zero-order valence-electron chi connectivity index (χ0n) is 24.8. The number of nitrogens with zero attached hydrogens (tertiary/aromatic N) is 1. The topological polar surface area (TPSA) is 60.0 Å². The number of hydrogen-bond acceptors (Lipinski definition) is 5. The van der Waals surface area contributed by atoms with E-state index >= 15 is 0 Å². The number of rotatable bonds is 10. The Morgan fingerprint density at radius 1 is 1.05 bits per heavy atom. The molecule has 41 heavy (non-hydrogen) atoms. The van der Waals surface area contributed by atoms with E-state index in [4.69, 9.17) is 14.2 Å². The Morgan fingerprint density at radius 3 is 2.41 bits per heavy atom. The Labute approximate surface area is 242 Å². The lowest BCUT2D eigenvalue weighted by molar-refractivity contribution is -0.117. The van der Waals surface area contributed by atoms with E-state index in [0.29, 0.717) is 24.8 Å². The number of halogens is 1. The SMILES string of the molecule is CCc1cc(C)cc(CC)c1NC(=O)CN1C[C@H](c2cc(F)c3c(c2)OCO3)C[C@@H]1c1ccc(OCC(C)C)cc1. The number of anilines is 1. The molecule has 3 aromatic carbocycles. The maximum absolute atomic E-state index is 14.8. The van der Waals surface area contributed by atoms with Gasteiger partial charge in [-0.2, -0.15) is 0 Å². The summed E-state index contributed by atoms with van der Waals surface area (Å²) in [4.78, 5) is 15.8. The molecule has 1 saturated heterocycles. The summed E-state index contributed by atoms with van der Waals surface area (Å²) in [6.45, 7) is 12.1. The summed E-state index contributed by atoms with van der Waals surface area (Å²) in [7, 11) is 0. The Kier molecular flexibility index (Phi) is 8.83. The zero-order valence-corrected chi connectivity index (χ0v) is 24.8. The average Bonchev–Trinajstić information content (AvgIpc) is 3.60. The van der Waals surface area contributed by atoms with Crippen LogP contribution in [0.1, 0.15) is 73.9 Å². The van der Waals surface area contributed by atoms with Gasteiger partial charge >= 0.3 is 0 Å². The lowest BCUT2D eigenvalue weighted by atomic mass is 9.93. The molecule has 5 rings (SSSR count). The largest absolute Gasteiger partial charge is 0.493 e. The van der Waals surface area contributed by atoms with Crippen LogP contribution < -0.4 is 19.5 Å². The van der Waals surface area contributed by atoms with Crippen molar-refractivity contribution in [3.63, 3.8) is 0 Å². The predicted molar refractivity (Wildman–Crippen MR) is 160 cm³/mol. The van der Waals surface area contributed by atoms with Crippen LogP contribution >= 0.6 is 0 Å². The van der Waals surface area contributed by atoms with E-state index in [-0.39, 0.29) is 37.0 Å². The molecule has 0 aliphatic carbocycles. The fourth-order valence-corrected chi connectivity index (χ4v) is 5.96. The fraction of sp³-hybridized carbons (Fsp3) is 0.441. The van der Waals surface area contributed by atoms with Gasteiger partial charge < -0.3 is 19.5 Å². The lowest BCUT2D eigenvalue weighted by Crippen LogP contribution is -2.33. The van der Waals surface area contributed by atoms with Gasteiger partial charge in [0.25, 0.3) is 0 Å². The second kappa shape index (κ2) is 12.5. The molecule has 0 bridgehead atoms. The molecule has 6 nitrogen and oxygen atoms in total. The third kappa shape index (κ3) is 6.51. The van der Waals surface area contributed by atoms with Crippen molar-refractivity contribution in [1.82, 2.24) is 4.90 Å². The molecule has 2 atom stereocenters. The van der Waals surface area contributed by atoms with Crippen molar-refractivity contribution < 1.29 is 23.4 Å². The van der Waals surface area contributed by atoms with E-state index in [1.165, 1.54) is 5.56 Å². The Hall–Kier alpha value is -3.58. The number of ether oxygens (including phenoxy) is 3. The highest BCUT2D eigenvalue weighted by Crippen LogP contribution is 2.44. The molecule has 1 N–H and O–H groups in total. The second-order valence-electron chi connectivity index (χ2n) is 11.6. The van der Waals surface area contributed by atoms with Crippen LogP contribution in [0.2, 0.25) is 0 Å². The smallest absolute Gasteiger partial charge is 0.238 e. The van der Waals surface area contributed by atoms with Crippen molar-refractivity contribution in [3.8, 4) is 17.2 Å². The van der Waals surface area contributed by atoms with Gasteiger partial charge in [-0.3, -0.25) is 9.69 Å². The number of benzene rings is 3. The highest BCUT2D eigenvalue weighted by Gasteiger charge is 2.36. The summed E-state index contributed by atoms with van der Waals surface area (Å²) >= 11 is 0. The molecule has 7 heteroatoms. The quantitative estimate of drug-likeness (QED) is 0.284. The first-order chi connectivity index (χ1) is 19.7. The summed E-state index contributed by atoms with van der Waals surface area (Å²) in [5.74, 6) is 1.47. The second-order valence-corrected chi connectivity index (χ2v) is 11.6. The van der Waals surface area contributed by atoms with E-state index in [1.807, 2.05) is 18.2 Å². The van der Waals surface area contributed by atoms with Gasteiger partial charge in [0.05, 0.1) is 13.2 Å². The average molecular weight is 561 g/mol. The summed E-state index contributed by atoms with van der Waals surface area (Å²) < 4.78 is 31.5. The maximum atomic E-state index is 14.8. The highest BCUT2D eigenvalue weighted by atomic mass is 19.1. The van der Waals surface area contributed by atoms with E-state index in [9.17, 15) is 9.18 Å². The first-order valence-electron chi connectivity index (χ1n) is 14.7. The van der Waals surface area contributed by atoms with Crippen LogP contribution in [-0.2, 0) is 17.6 Å². The van der Waals surface area contributed by atoms with Crippen LogP contribution in [0.5, 0.6) is 17.2 Å². The van der Waals surface area contributed by atoms with Gasteiger partial charge in [0, 0.05) is 18.3 Å². The number of aryl methyl sites for hydroxylation is 3. The van der Waals surface area contributed by atoms with Gasteiger partial charge in [0.1, 0.15) is 5.75 Å². The standard InChI is InChI=1S/C34H41FN2O4/c1-6-23-12-22(5)13-24(7-2)33(23)36-32(38)18-37-17-27(26-14-29(35)34-31(16-26)40-20-41-34)15-30(37)25-8-10-28(11-9-25)39-19-21(3)4/h8-14,16,21,27,30H,6-7,15,17-20H2,1-5H3,(H,36,38)/t27-,30-/m1/s1. The molecule has 2 heterocycles. The number of nitrogens with one attached hydrogen (secondary N) is 1. The molecule has 218 valence electrons. The van der Waals surface area contributed by atoms with Gasteiger partial charge in [-0.05, 0) is 84.5 Å². The Morgan fingerprint density at radius 2 is 1.76 bits per heavy atom. The molecule has 0 spiro atoms. The van der Waals surface area contributed by atoms with Crippen molar-refractivity contribution in [2.45, 2.75) is 65.8 Å². The zero-order chi connectivity index (χ0) is 29.1. The Balaban J connectivity index is 1.39. The molecular formula is C34H41FN2O4. The molecule has 1 fully saturated rings. The molecule has 0 unspecified atom stereocenters. The van der Waals surface area contributed by atoms with Crippen molar-refractivity contribution >= 4 is 11.6 Å². The number of carbonyl (C=O) groups excluding carboxylic acids is 1. The van der Waals surface area contributed by atoms with Crippen LogP contribution in [0.25, 0.3) is 0 Å². The van der Waals surface area contributed by atoms with E-state index in [1.54, 1.807) is 6.07 Å². The fourth-order valence-electron chi connectivity index (χ4n) is 5.96. The van der Waals surface area contributed by atoms with Crippen LogP contribution in [0.15, 0.2) is 48.5 Å². The minimum atomic E-state index is -0.409. The molecule has 1 amide bonds. The highest BCUT2D eigenvalue weighted by molar-refractivity contribution is 5.94. The van der Waals surface area contributed by atoms with E-state index in [0.717, 1.165) is 53.0 Å².